The second kappa shape index (κ2) is 5.87. The first-order valence-electron chi connectivity index (χ1n) is 6.29. The van der Waals surface area contributed by atoms with Gasteiger partial charge in [-0.15, -0.1) is 0 Å². The molecule has 0 aliphatic heterocycles. The van der Waals surface area contributed by atoms with Crippen molar-refractivity contribution in [2.45, 2.75) is 46.1 Å². The van der Waals surface area contributed by atoms with Crippen molar-refractivity contribution in [2.75, 3.05) is 5.43 Å². The lowest BCUT2D eigenvalue weighted by molar-refractivity contribution is 0.0909. The van der Waals surface area contributed by atoms with E-state index in [9.17, 15) is 4.79 Å². The summed E-state index contributed by atoms with van der Waals surface area (Å²) in [5, 5.41) is 3.05. The van der Waals surface area contributed by atoms with Crippen LogP contribution in [0, 0.1) is 6.92 Å². The Bertz CT molecular complexity index is 427. The van der Waals surface area contributed by atoms with Gasteiger partial charge >= 0.3 is 0 Å². The summed E-state index contributed by atoms with van der Waals surface area (Å²) < 4.78 is 0. The van der Waals surface area contributed by atoms with Gasteiger partial charge in [0.15, 0.2) is 0 Å². The van der Waals surface area contributed by atoms with Crippen LogP contribution in [0.3, 0.4) is 0 Å². The van der Waals surface area contributed by atoms with Crippen LogP contribution >= 0.6 is 0 Å². The van der Waals surface area contributed by atoms with Gasteiger partial charge in [0.1, 0.15) is 0 Å². The Labute approximate surface area is 109 Å². The number of nitrogens with one attached hydrogen (secondary N) is 2. The molecule has 4 N–H and O–H groups in total. The molecule has 4 nitrogen and oxygen atoms in total. The minimum atomic E-state index is -0.176. The van der Waals surface area contributed by atoms with Crippen LogP contribution in [-0.2, 0) is 0 Å². The Morgan fingerprint density at radius 2 is 2.06 bits per heavy atom. The highest BCUT2D eigenvalue weighted by Crippen LogP contribution is 2.17. The number of hydrazine groups is 1. The van der Waals surface area contributed by atoms with Crippen LogP contribution in [0.4, 0.5) is 5.69 Å². The number of hydrogen-bond donors (Lipinski definition) is 3. The Morgan fingerprint density at radius 3 is 2.56 bits per heavy atom. The summed E-state index contributed by atoms with van der Waals surface area (Å²) in [6.07, 6.45) is 2.00. The number of amides is 1. The minimum Gasteiger partial charge on any atom is -0.347 e. The van der Waals surface area contributed by atoms with E-state index < -0.39 is 0 Å². The lowest BCUT2D eigenvalue weighted by Gasteiger charge is -2.26. The summed E-state index contributed by atoms with van der Waals surface area (Å²) in [5.74, 6) is 5.33. The third-order valence-corrected chi connectivity index (χ3v) is 2.97. The maximum Gasteiger partial charge on any atom is 0.251 e. The first-order valence-corrected chi connectivity index (χ1v) is 6.29. The molecule has 0 aromatic heterocycles. The van der Waals surface area contributed by atoms with Crippen LogP contribution in [0.2, 0.25) is 0 Å². The van der Waals surface area contributed by atoms with Gasteiger partial charge in [0, 0.05) is 11.1 Å². The molecule has 0 atom stereocenters. The van der Waals surface area contributed by atoms with Gasteiger partial charge < -0.3 is 10.7 Å². The summed E-state index contributed by atoms with van der Waals surface area (Å²) in [5.41, 5.74) is 4.87. The fourth-order valence-electron chi connectivity index (χ4n) is 2.03. The second-order valence-corrected chi connectivity index (χ2v) is 5.26. The molecule has 1 amide bonds. The second-order valence-electron chi connectivity index (χ2n) is 5.26. The largest absolute Gasteiger partial charge is 0.347 e. The number of carbonyl (C=O) groups excluding carboxylic acids is 1. The zero-order valence-corrected chi connectivity index (χ0v) is 11.6. The fraction of sp³-hybridized carbons (Fsp3) is 0.500. The fourth-order valence-corrected chi connectivity index (χ4v) is 2.03. The molecule has 0 heterocycles. The highest BCUT2D eigenvalue weighted by Gasteiger charge is 2.20. The molecule has 1 aromatic rings. The van der Waals surface area contributed by atoms with E-state index in [0.717, 1.165) is 24.1 Å². The summed E-state index contributed by atoms with van der Waals surface area (Å²) in [7, 11) is 0. The molecule has 1 rings (SSSR count). The van der Waals surface area contributed by atoms with Crippen molar-refractivity contribution in [3.63, 3.8) is 0 Å². The third-order valence-electron chi connectivity index (χ3n) is 2.97. The molecule has 0 spiro atoms. The van der Waals surface area contributed by atoms with E-state index in [-0.39, 0.29) is 11.4 Å². The van der Waals surface area contributed by atoms with E-state index in [2.05, 4.69) is 17.7 Å². The molecular formula is C14H23N3O. The molecule has 4 heteroatoms. The van der Waals surface area contributed by atoms with E-state index in [4.69, 9.17) is 5.84 Å². The molecule has 1 aromatic carbocycles. The highest BCUT2D eigenvalue weighted by atomic mass is 16.1. The predicted octanol–water partition coefficient (Wildman–Crippen LogP) is 2.59. The van der Waals surface area contributed by atoms with Crippen molar-refractivity contribution < 1.29 is 4.79 Å². The number of nitrogens with two attached hydrogens (primary N) is 1. The Hall–Kier alpha value is -1.55. The molecule has 0 aliphatic rings. The Morgan fingerprint density at radius 1 is 1.39 bits per heavy atom. The van der Waals surface area contributed by atoms with E-state index in [0.29, 0.717) is 5.56 Å². The molecule has 0 bridgehead atoms. The Kier molecular flexibility index (Phi) is 4.73. The van der Waals surface area contributed by atoms with Gasteiger partial charge in [0.25, 0.3) is 5.91 Å². The monoisotopic (exact) mass is 249 g/mol. The van der Waals surface area contributed by atoms with Crippen molar-refractivity contribution in [2.24, 2.45) is 5.84 Å². The zero-order valence-electron chi connectivity index (χ0n) is 11.6. The molecule has 0 saturated heterocycles. The minimum absolute atomic E-state index is 0.0416. The SMILES string of the molecule is CCCC(C)(C)NC(=O)c1ccc(NN)c(C)c1. The quantitative estimate of drug-likeness (QED) is 0.555. The lowest BCUT2D eigenvalue weighted by atomic mass is 9.98. The topological polar surface area (TPSA) is 67.2 Å². The number of aryl methyl sites for hydroxylation is 1. The average Bonchev–Trinajstić information content (AvgIpc) is 2.28. The van der Waals surface area contributed by atoms with Gasteiger partial charge in [-0.05, 0) is 51.0 Å². The highest BCUT2D eigenvalue weighted by molar-refractivity contribution is 5.95. The molecule has 0 radical (unpaired) electrons. The van der Waals surface area contributed by atoms with E-state index >= 15 is 0 Å². The molecule has 0 unspecified atom stereocenters. The lowest BCUT2D eigenvalue weighted by Crippen LogP contribution is -2.43. The van der Waals surface area contributed by atoms with Crippen LogP contribution in [0.25, 0.3) is 0 Å². The van der Waals surface area contributed by atoms with Gasteiger partial charge in [-0.2, -0.15) is 0 Å². The van der Waals surface area contributed by atoms with Crippen LogP contribution in [0.5, 0.6) is 0 Å². The van der Waals surface area contributed by atoms with Crippen molar-refractivity contribution in [1.82, 2.24) is 5.32 Å². The van der Waals surface area contributed by atoms with Gasteiger partial charge in [0.2, 0.25) is 0 Å². The molecule has 0 aliphatic carbocycles. The van der Waals surface area contributed by atoms with E-state index in [1.165, 1.54) is 0 Å². The third kappa shape index (κ3) is 3.74. The van der Waals surface area contributed by atoms with Crippen LogP contribution < -0.4 is 16.6 Å². The Balaban J connectivity index is 2.82. The van der Waals surface area contributed by atoms with Gasteiger partial charge in [-0.25, -0.2) is 0 Å². The molecule has 18 heavy (non-hydrogen) atoms. The summed E-state index contributed by atoms with van der Waals surface area (Å²) in [4.78, 5) is 12.1. The number of carbonyl (C=O) groups is 1. The number of anilines is 1. The maximum atomic E-state index is 12.1. The van der Waals surface area contributed by atoms with Gasteiger partial charge in [-0.3, -0.25) is 10.6 Å². The standard InChI is InChI=1S/C14H23N3O/c1-5-8-14(3,4)16-13(18)11-6-7-12(17-15)10(2)9-11/h6-7,9,17H,5,8,15H2,1-4H3,(H,16,18). The first-order chi connectivity index (χ1) is 8.39. The number of hydrogen-bond acceptors (Lipinski definition) is 3. The van der Waals surface area contributed by atoms with Gasteiger partial charge in [-0.1, -0.05) is 13.3 Å². The van der Waals surface area contributed by atoms with Crippen molar-refractivity contribution >= 4 is 11.6 Å². The molecular weight excluding hydrogens is 226 g/mol. The molecule has 0 fully saturated rings. The van der Waals surface area contributed by atoms with Crippen LogP contribution in [0.1, 0.15) is 49.5 Å². The number of rotatable bonds is 5. The van der Waals surface area contributed by atoms with Crippen molar-refractivity contribution in [3.05, 3.63) is 29.3 Å². The molecule has 100 valence electrons. The van der Waals surface area contributed by atoms with Crippen molar-refractivity contribution in [1.29, 1.82) is 0 Å². The maximum absolute atomic E-state index is 12.1. The smallest absolute Gasteiger partial charge is 0.251 e. The van der Waals surface area contributed by atoms with E-state index in [1.54, 1.807) is 6.07 Å². The first kappa shape index (κ1) is 14.5. The summed E-state index contributed by atoms with van der Waals surface area (Å²) >= 11 is 0. The van der Waals surface area contributed by atoms with Crippen LogP contribution in [-0.4, -0.2) is 11.4 Å². The summed E-state index contributed by atoms with van der Waals surface area (Å²) in [6, 6.07) is 5.43. The molecule has 0 saturated carbocycles. The van der Waals surface area contributed by atoms with E-state index in [1.807, 2.05) is 32.9 Å². The zero-order chi connectivity index (χ0) is 13.8. The predicted molar refractivity (Wildman–Crippen MR) is 75.4 cm³/mol. The average molecular weight is 249 g/mol. The number of benzene rings is 1. The van der Waals surface area contributed by atoms with Crippen LogP contribution in [0.15, 0.2) is 18.2 Å². The van der Waals surface area contributed by atoms with Gasteiger partial charge in [0.05, 0.1) is 5.69 Å². The summed E-state index contributed by atoms with van der Waals surface area (Å²) in [6.45, 7) is 8.11. The van der Waals surface area contributed by atoms with Crippen molar-refractivity contribution in [3.8, 4) is 0 Å². The number of nitrogen functional groups attached to an aromatic ring is 1. The normalized spacial score (nSPS) is 11.2.